The van der Waals surface area contributed by atoms with Crippen LogP contribution in [0.4, 0.5) is 0 Å². The molecule has 0 atom stereocenters. The number of hydrogen-bond donors (Lipinski definition) is 0. The molecule has 0 spiro atoms. The van der Waals surface area contributed by atoms with E-state index in [1.807, 2.05) is 23.1 Å². The van der Waals surface area contributed by atoms with E-state index in [1.165, 1.54) is 22.4 Å². The third kappa shape index (κ3) is 3.99. The first-order valence-corrected chi connectivity index (χ1v) is 9.41. The van der Waals surface area contributed by atoms with Gasteiger partial charge in [-0.2, -0.15) is 5.10 Å². The number of aromatic nitrogens is 4. The number of nitrogens with zero attached hydrogens (tertiary/aromatic N) is 5. The van der Waals surface area contributed by atoms with Crippen molar-refractivity contribution in [3.8, 4) is 0 Å². The van der Waals surface area contributed by atoms with E-state index in [0.717, 1.165) is 51.3 Å². The Morgan fingerprint density at radius 2 is 1.92 bits per heavy atom. The van der Waals surface area contributed by atoms with Gasteiger partial charge in [-0.1, -0.05) is 37.3 Å². The van der Waals surface area contributed by atoms with Gasteiger partial charge in [0.25, 0.3) is 0 Å². The van der Waals surface area contributed by atoms with Gasteiger partial charge in [0.15, 0.2) is 0 Å². The van der Waals surface area contributed by atoms with Crippen LogP contribution < -0.4 is 0 Å². The number of rotatable bonds is 6. The van der Waals surface area contributed by atoms with Crippen LogP contribution in [0, 0.1) is 0 Å². The minimum atomic E-state index is 0.817. The van der Waals surface area contributed by atoms with Crippen LogP contribution >= 0.6 is 0 Å². The Kier molecular flexibility index (Phi) is 5.07. The molecule has 0 saturated carbocycles. The lowest BCUT2D eigenvalue weighted by Crippen LogP contribution is -2.31. The minimum absolute atomic E-state index is 0.817. The average molecular weight is 347 g/mol. The van der Waals surface area contributed by atoms with Gasteiger partial charge in [0.2, 0.25) is 0 Å². The normalized spacial score (nSPS) is 14.3. The molecule has 1 aromatic carbocycles. The number of benzene rings is 1. The SMILES string of the molecule is CCCc1ncc2c(n1)CCN(Cc1cnn(Cc3ccccc3)c1)C2. The molecule has 134 valence electrons. The van der Waals surface area contributed by atoms with Gasteiger partial charge < -0.3 is 0 Å². The maximum Gasteiger partial charge on any atom is 0.128 e. The van der Waals surface area contributed by atoms with Crippen LogP contribution in [-0.2, 0) is 32.5 Å². The van der Waals surface area contributed by atoms with Crippen LogP contribution in [0.1, 0.15) is 41.6 Å². The lowest BCUT2D eigenvalue weighted by atomic mass is 10.1. The molecule has 0 bridgehead atoms. The summed E-state index contributed by atoms with van der Waals surface area (Å²) in [5, 5.41) is 4.52. The van der Waals surface area contributed by atoms with Crippen LogP contribution in [0.2, 0.25) is 0 Å². The molecule has 0 radical (unpaired) electrons. The van der Waals surface area contributed by atoms with E-state index >= 15 is 0 Å². The molecule has 0 N–H and O–H groups in total. The van der Waals surface area contributed by atoms with E-state index in [-0.39, 0.29) is 0 Å². The maximum atomic E-state index is 4.74. The van der Waals surface area contributed by atoms with Gasteiger partial charge in [0.05, 0.1) is 12.7 Å². The fourth-order valence-electron chi connectivity index (χ4n) is 3.50. The predicted octanol–water partition coefficient (Wildman–Crippen LogP) is 3.23. The molecule has 0 fully saturated rings. The summed E-state index contributed by atoms with van der Waals surface area (Å²) in [6.07, 6.45) is 9.24. The molecule has 1 aliphatic rings. The smallest absolute Gasteiger partial charge is 0.128 e. The minimum Gasteiger partial charge on any atom is -0.294 e. The van der Waals surface area contributed by atoms with Crippen molar-refractivity contribution in [3.05, 3.63) is 77.1 Å². The quantitative estimate of drug-likeness (QED) is 0.687. The predicted molar refractivity (Wildman–Crippen MR) is 102 cm³/mol. The number of fused-ring (bicyclic) bond motifs is 1. The van der Waals surface area contributed by atoms with Gasteiger partial charge in [0.1, 0.15) is 5.82 Å². The van der Waals surface area contributed by atoms with E-state index in [0.29, 0.717) is 0 Å². The molecule has 0 aliphatic carbocycles. The average Bonchev–Trinajstić information content (AvgIpc) is 3.10. The fourth-order valence-corrected chi connectivity index (χ4v) is 3.50. The summed E-state index contributed by atoms with van der Waals surface area (Å²) in [7, 11) is 0. The Bertz CT molecular complexity index is 856. The standard InChI is InChI=1S/C21H25N5/c1-2-6-21-22-12-19-16-25(10-9-20(19)24-21)13-18-11-23-26(15-18)14-17-7-4-3-5-8-17/h3-5,7-8,11-12,15H,2,6,9-10,13-14,16H2,1H3. The van der Waals surface area contributed by atoms with Gasteiger partial charge in [-0.25, -0.2) is 9.97 Å². The summed E-state index contributed by atoms with van der Waals surface area (Å²) < 4.78 is 2.02. The number of hydrogen-bond acceptors (Lipinski definition) is 4. The van der Waals surface area contributed by atoms with E-state index < -0.39 is 0 Å². The van der Waals surface area contributed by atoms with Crippen LogP contribution in [0.15, 0.2) is 48.9 Å². The van der Waals surface area contributed by atoms with Crippen molar-refractivity contribution in [1.29, 1.82) is 0 Å². The van der Waals surface area contributed by atoms with Crippen molar-refractivity contribution in [1.82, 2.24) is 24.6 Å². The maximum absolute atomic E-state index is 4.74. The van der Waals surface area contributed by atoms with Crippen molar-refractivity contribution < 1.29 is 0 Å². The van der Waals surface area contributed by atoms with Gasteiger partial charge in [-0.3, -0.25) is 9.58 Å². The summed E-state index contributed by atoms with van der Waals surface area (Å²) in [5.41, 5.74) is 5.04. The lowest BCUT2D eigenvalue weighted by molar-refractivity contribution is 0.242. The zero-order valence-corrected chi connectivity index (χ0v) is 15.3. The molecule has 26 heavy (non-hydrogen) atoms. The number of aryl methyl sites for hydroxylation is 1. The monoisotopic (exact) mass is 347 g/mol. The molecule has 5 heteroatoms. The van der Waals surface area contributed by atoms with Crippen LogP contribution in [-0.4, -0.2) is 31.2 Å². The van der Waals surface area contributed by atoms with Crippen molar-refractivity contribution in [2.45, 2.75) is 45.8 Å². The largest absolute Gasteiger partial charge is 0.294 e. The van der Waals surface area contributed by atoms with Gasteiger partial charge >= 0.3 is 0 Å². The van der Waals surface area contributed by atoms with E-state index in [4.69, 9.17) is 4.98 Å². The molecule has 5 nitrogen and oxygen atoms in total. The zero-order valence-electron chi connectivity index (χ0n) is 15.3. The van der Waals surface area contributed by atoms with Crippen LogP contribution in [0.3, 0.4) is 0 Å². The Labute approximate surface area is 154 Å². The Morgan fingerprint density at radius 3 is 2.77 bits per heavy atom. The van der Waals surface area contributed by atoms with Crippen LogP contribution in [0.5, 0.6) is 0 Å². The summed E-state index contributed by atoms with van der Waals surface area (Å²) in [5.74, 6) is 0.988. The highest BCUT2D eigenvalue weighted by Gasteiger charge is 2.19. The summed E-state index contributed by atoms with van der Waals surface area (Å²) >= 11 is 0. The molecule has 3 aromatic rings. The van der Waals surface area contributed by atoms with Gasteiger partial charge in [-0.15, -0.1) is 0 Å². The molecule has 4 rings (SSSR count). The molecule has 0 saturated heterocycles. The summed E-state index contributed by atoms with van der Waals surface area (Å²) in [4.78, 5) is 11.7. The highest BCUT2D eigenvalue weighted by atomic mass is 15.3. The highest BCUT2D eigenvalue weighted by Crippen LogP contribution is 2.19. The van der Waals surface area contributed by atoms with Crippen molar-refractivity contribution in [3.63, 3.8) is 0 Å². The highest BCUT2D eigenvalue weighted by molar-refractivity contribution is 5.21. The lowest BCUT2D eigenvalue weighted by Gasteiger charge is -2.27. The summed E-state index contributed by atoms with van der Waals surface area (Å²) in [6, 6.07) is 10.4. The summed E-state index contributed by atoms with van der Waals surface area (Å²) in [6.45, 7) is 5.87. The van der Waals surface area contributed by atoms with Gasteiger partial charge in [-0.05, 0) is 12.0 Å². The first-order valence-electron chi connectivity index (χ1n) is 9.41. The molecular weight excluding hydrogens is 322 g/mol. The topological polar surface area (TPSA) is 46.8 Å². The first kappa shape index (κ1) is 16.9. The molecule has 1 aliphatic heterocycles. The van der Waals surface area contributed by atoms with Gasteiger partial charge in [0, 0.05) is 61.7 Å². The Hall–Kier alpha value is -2.53. The van der Waals surface area contributed by atoms with Crippen molar-refractivity contribution in [2.24, 2.45) is 0 Å². The van der Waals surface area contributed by atoms with E-state index in [1.54, 1.807) is 0 Å². The van der Waals surface area contributed by atoms with Crippen LogP contribution in [0.25, 0.3) is 0 Å². The third-order valence-corrected chi connectivity index (χ3v) is 4.82. The van der Waals surface area contributed by atoms with E-state index in [9.17, 15) is 0 Å². The van der Waals surface area contributed by atoms with E-state index in [2.05, 4.69) is 52.4 Å². The second-order valence-electron chi connectivity index (χ2n) is 7.00. The Balaban J connectivity index is 1.38. The first-order chi connectivity index (χ1) is 12.8. The molecule has 0 amide bonds. The molecule has 2 aromatic heterocycles. The molecule has 0 unspecified atom stereocenters. The van der Waals surface area contributed by atoms with Crippen molar-refractivity contribution in [2.75, 3.05) is 6.54 Å². The second kappa shape index (κ2) is 7.79. The molecular formula is C21H25N5. The zero-order chi connectivity index (χ0) is 17.8. The fraction of sp³-hybridized carbons (Fsp3) is 0.381. The van der Waals surface area contributed by atoms with Crippen molar-refractivity contribution >= 4 is 0 Å². The molecule has 3 heterocycles. The second-order valence-corrected chi connectivity index (χ2v) is 7.00. The third-order valence-electron chi connectivity index (χ3n) is 4.82. The Morgan fingerprint density at radius 1 is 1.04 bits per heavy atom.